The molecule has 1 amide bonds. The Hall–Kier alpha value is -1.44. The zero-order chi connectivity index (χ0) is 19.6. The van der Waals surface area contributed by atoms with Crippen LogP contribution in [0.2, 0.25) is 0 Å². The standard InChI is InChI=1S/C19H36N2O5/c1-2-3-4-5-6-7-8-9-10-11-12-17(23)20-13-14-21(15-19(25)26)18(24)16-22/h7-8,18,22,24H,2-6,9-16H2,1H3,(H,20,23)(H,25,26)/b8-7+. The summed E-state index contributed by atoms with van der Waals surface area (Å²) in [5.41, 5.74) is 0. The molecular formula is C19H36N2O5. The Bertz CT molecular complexity index is 401. The number of carboxylic acids is 1. The van der Waals surface area contributed by atoms with Gasteiger partial charge in [0.05, 0.1) is 13.2 Å². The molecule has 0 radical (unpaired) electrons. The van der Waals surface area contributed by atoms with Gasteiger partial charge in [0.25, 0.3) is 0 Å². The van der Waals surface area contributed by atoms with E-state index in [2.05, 4.69) is 24.4 Å². The molecule has 7 nitrogen and oxygen atoms in total. The van der Waals surface area contributed by atoms with Gasteiger partial charge in [0.15, 0.2) is 0 Å². The predicted octanol–water partition coefficient (Wildman–Crippen LogP) is 1.89. The molecule has 0 bridgehead atoms. The first-order valence-electron chi connectivity index (χ1n) is 9.67. The zero-order valence-corrected chi connectivity index (χ0v) is 16.0. The fraction of sp³-hybridized carbons (Fsp3) is 0.789. The van der Waals surface area contributed by atoms with E-state index < -0.39 is 18.8 Å². The lowest BCUT2D eigenvalue weighted by Gasteiger charge is -2.24. The van der Waals surface area contributed by atoms with E-state index >= 15 is 0 Å². The van der Waals surface area contributed by atoms with Gasteiger partial charge in [-0.25, -0.2) is 0 Å². The second-order valence-electron chi connectivity index (χ2n) is 6.44. The number of rotatable bonds is 17. The van der Waals surface area contributed by atoms with Gasteiger partial charge in [-0.2, -0.15) is 0 Å². The van der Waals surface area contributed by atoms with Crippen LogP contribution in [0, 0.1) is 0 Å². The highest BCUT2D eigenvalue weighted by atomic mass is 16.4. The first-order valence-corrected chi connectivity index (χ1v) is 9.67. The quantitative estimate of drug-likeness (QED) is 0.176. The Morgan fingerprint density at radius 2 is 1.73 bits per heavy atom. The molecule has 0 saturated heterocycles. The van der Waals surface area contributed by atoms with E-state index in [9.17, 15) is 14.7 Å². The summed E-state index contributed by atoms with van der Waals surface area (Å²) in [5.74, 6) is -1.18. The molecule has 4 N–H and O–H groups in total. The molecule has 1 unspecified atom stereocenters. The maximum absolute atomic E-state index is 11.7. The fourth-order valence-electron chi connectivity index (χ4n) is 2.52. The monoisotopic (exact) mass is 372 g/mol. The summed E-state index contributed by atoms with van der Waals surface area (Å²) in [4.78, 5) is 23.7. The molecule has 0 fully saturated rings. The molecule has 26 heavy (non-hydrogen) atoms. The van der Waals surface area contributed by atoms with Crippen LogP contribution in [0.15, 0.2) is 12.2 Å². The van der Waals surface area contributed by atoms with Crippen molar-refractivity contribution < 1.29 is 24.9 Å². The topological polar surface area (TPSA) is 110 Å². The molecule has 0 aromatic rings. The molecule has 0 heterocycles. The molecular weight excluding hydrogens is 336 g/mol. The number of carbonyl (C=O) groups excluding carboxylic acids is 1. The van der Waals surface area contributed by atoms with E-state index in [1.807, 2.05) is 0 Å². The van der Waals surface area contributed by atoms with Gasteiger partial charge in [0.1, 0.15) is 6.23 Å². The maximum Gasteiger partial charge on any atom is 0.317 e. The number of hydrogen-bond acceptors (Lipinski definition) is 5. The van der Waals surface area contributed by atoms with Crippen LogP contribution < -0.4 is 5.32 Å². The highest BCUT2D eigenvalue weighted by Gasteiger charge is 2.17. The van der Waals surface area contributed by atoms with Crippen molar-refractivity contribution in [2.75, 3.05) is 26.2 Å². The van der Waals surface area contributed by atoms with Crippen LogP contribution in [0.5, 0.6) is 0 Å². The largest absolute Gasteiger partial charge is 0.480 e. The van der Waals surface area contributed by atoms with Crippen LogP contribution in [0.25, 0.3) is 0 Å². The summed E-state index contributed by atoms with van der Waals surface area (Å²) in [6, 6.07) is 0. The van der Waals surface area contributed by atoms with E-state index in [1.54, 1.807) is 0 Å². The van der Waals surface area contributed by atoms with Crippen molar-refractivity contribution in [3.8, 4) is 0 Å². The maximum atomic E-state index is 11.7. The molecule has 7 heteroatoms. The number of carboxylic acid groups (broad SMARTS) is 1. The second kappa shape index (κ2) is 17.0. The fourth-order valence-corrected chi connectivity index (χ4v) is 2.52. The minimum absolute atomic E-state index is 0.0812. The molecule has 0 aliphatic heterocycles. The summed E-state index contributed by atoms with van der Waals surface area (Å²) in [5, 5.41) is 29.9. The smallest absolute Gasteiger partial charge is 0.317 e. The number of allylic oxidation sites excluding steroid dienone is 2. The normalized spacial score (nSPS) is 12.6. The molecule has 0 aliphatic carbocycles. The van der Waals surface area contributed by atoms with Gasteiger partial charge in [-0.3, -0.25) is 14.5 Å². The van der Waals surface area contributed by atoms with Crippen molar-refractivity contribution >= 4 is 11.9 Å². The van der Waals surface area contributed by atoms with Gasteiger partial charge in [0, 0.05) is 19.5 Å². The summed E-state index contributed by atoms with van der Waals surface area (Å²) < 4.78 is 0. The van der Waals surface area contributed by atoms with Crippen LogP contribution in [-0.2, 0) is 9.59 Å². The molecule has 0 aliphatic rings. The Morgan fingerprint density at radius 3 is 2.31 bits per heavy atom. The van der Waals surface area contributed by atoms with Crippen molar-refractivity contribution in [1.82, 2.24) is 10.2 Å². The average Bonchev–Trinajstić information content (AvgIpc) is 2.61. The Morgan fingerprint density at radius 1 is 1.08 bits per heavy atom. The number of carbonyl (C=O) groups is 2. The molecule has 0 spiro atoms. The van der Waals surface area contributed by atoms with Gasteiger partial charge < -0.3 is 20.6 Å². The SMILES string of the molecule is CCCCCC/C=C/CCCCC(=O)NCCN(CC(=O)O)C(O)CO. The number of nitrogens with one attached hydrogen (secondary N) is 1. The van der Waals surface area contributed by atoms with Crippen molar-refractivity contribution in [3.05, 3.63) is 12.2 Å². The van der Waals surface area contributed by atoms with E-state index in [0.29, 0.717) is 6.42 Å². The minimum atomic E-state index is -1.24. The van der Waals surface area contributed by atoms with E-state index in [0.717, 1.165) is 25.7 Å². The number of nitrogens with zero attached hydrogens (tertiary/aromatic N) is 1. The summed E-state index contributed by atoms with van der Waals surface area (Å²) in [6.07, 6.45) is 12.6. The number of aliphatic carboxylic acids is 1. The lowest BCUT2D eigenvalue weighted by Crippen LogP contribution is -2.45. The molecule has 0 rings (SSSR count). The van der Waals surface area contributed by atoms with Crippen LogP contribution in [-0.4, -0.2) is 64.6 Å². The Kier molecular flexibility index (Phi) is 16.1. The molecule has 152 valence electrons. The second-order valence-corrected chi connectivity index (χ2v) is 6.44. The zero-order valence-electron chi connectivity index (χ0n) is 16.0. The number of amides is 1. The summed E-state index contributed by atoms with van der Waals surface area (Å²) in [6.45, 7) is 1.67. The van der Waals surface area contributed by atoms with E-state index in [1.165, 1.54) is 30.6 Å². The van der Waals surface area contributed by atoms with Crippen LogP contribution in [0.3, 0.4) is 0 Å². The number of aliphatic hydroxyl groups excluding tert-OH is 2. The highest BCUT2D eigenvalue weighted by Crippen LogP contribution is 2.05. The number of aliphatic hydroxyl groups is 2. The molecule has 0 saturated carbocycles. The van der Waals surface area contributed by atoms with Crippen molar-refractivity contribution in [3.63, 3.8) is 0 Å². The lowest BCUT2D eigenvalue weighted by atomic mass is 10.1. The number of hydrogen-bond donors (Lipinski definition) is 4. The highest BCUT2D eigenvalue weighted by molar-refractivity contribution is 5.75. The van der Waals surface area contributed by atoms with Gasteiger partial charge in [0.2, 0.25) is 5.91 Å². The lowest BCUT2D eigenvalue weighted by molar-refractivity contribution is -0.142. The third-order valence-corrected chi connectivity index (χ3v) is 4.06. The minimum Gasteiger partial charge on any atom is -0.480 e. The first kappa shape index (κ1) is 24.6. The van der Waals surface area contributed by atoms with Crippen molar-refractivity contribution in [2.45, 2.75) is 70.9 Å². The van der Waals surface area contributed by atoms with Crippen molar-refractivity contribution in [2.24, 2.45) is 0 Å². The van der Waals surface area contributed by atoms with Crippen LogP contribution >= 0.6 is 0 Å². The van der Waals surface area contributed by atoms with E-state index in [-0.39, 0.29) is 25.5 Å². The third-order valence-electron chi connectivity index (χ3n) is 4.06. The third kappa shape index (κ3) is 14.9. The molecule has 1 atom stereocenters. The van der Waals surface area contributed by atoms with Crippen LogP contribution in [0.4, 0.5) is 0 Å². The van der Waals surface area contributed by atoms with Crippen molar-refractivity contribution in [1.29, 1.82) is 0 Å². The molecule has 0 aromatic heterocycles. The first-order chi connectivity index (χ1) is 12.5. The van der Waals surface area contributed by atoms with Gasteiger partial charge in [-0.15, -0.1) is 0 Å². The van der Waals surface area contributed by atoms with Gasteiger partial charge >= 0.3 is 5.97 Å². The van der Waals surface area contributed by atoms with Gasteiger partial charge in [-0.05, 0) is 32.1 Å². The summed E-state index contributed by atoms with van der Waals surface area (Å²) in [7, 11) is 0. The predicted molar refractivity (Wildman–Crippen MR) is 102 cm³/mol. The average molecular weight is 373 g/mol. The molecule has 0 aromatic carbocycles. The Labute approximate surface area is 157 Å². The van der Waals surface area contributed by atoms with Gasteiger partial charge in [-0.1, -0.05) is 38.3 Å². The Balaban J connectivity index is 3.70. The van der Waals surface area contributed by atoms with Crippen LogP contribution in [0.1, 0.15) is 64.7 Å². The number of unbranched alkanes of at least 4 members (excludes halogenated alkanes) is 6. The summed E-state index contributed by atoms with van der Waals surface area (Å²) >= 11 is 0. The van der Waals surface area contributed by atoms with E-state index in [4.69, 9.17) is 10.2 Å².